The summed E-state index contributed by atoms with van der Waals surface area (Å²) >= 11 is 20.7. The van der Waals surface area contributed by atoms with Gasteiger partial charge in [-0.2, -0.15) is 0 Å². The van der Waals surface area contributed by atoms with E-state index in [1.807, 2.05) is 6.08 Å². The third-order valence-electron chi connectivity index (χ3n) is 7.54. The molecule has 0 bridgehead atoms. The topological polar surface area (TPSA) is 95.0 Å². The molecule has 6 atom stereocenters. The summed E-state index contributed by atoms with van der Waals surface area (Å²) in [6.45, 7) is 0. The van der Waals surface area contributed by atoms with Gasteiger partial charge in [-0.1, -0.05) is 43.5 Å². The van der Waals surface area contributed by atoms with Crippen LogP contribution < -0.4 is 0 Å². The number of nitrogens with zero attached hydrogens (tertiary/aromatic N) is 2. The maximum atomic E-state index is 13.6. The van der Waals surface area contributed by atoms with Gasteiger partial charge in [0.05, 0.1) is 17.3 Å². The van der Waals surface area contributed by atoms with E-state index in [1.165, 1.54) is 13.1 Å². The number of allylic oxidation sites excluding steroid dienone is 2. The summed E-state index contributed by atoms with van der Waals surface area (Å²) in [6, 6.07) is 4.74. The summed E-state index contributed by atoms with van der Waals surface area (Å²) in [7, 11) is 1.45. The number of phenols is 1. The standard InChI is InChI=1S/C22H18Br2Cl2N2O5/c1-27-17(30)11-4-3-10-13(15(11)18(27)31)7-21(25)19(32)28(8-23)20(33)22(21,26)16(10)12-6-9(24)2-5-14(12)29/h2-3,5-6,11,13,15-16,29H,4,7-8H2,1H3. The summed E-state index contributed by atoms with van der Waals surface area (Å²) in [6.07, 6.45) is 2.05. The first-order valence-electron chi connectivity index (χ1n) is 10.3. The minimum Gasteiger partial charge on any atom is -0.508 e. The zero-order valence-corrected chi connectivity index (χ0v) is 21.9. The third kappa shape index (κ3) is 2.79. The van der Waals surface area contributed by atoms with E-state index in [0.29, 0.717) is 22.0 Å². The molecular weight excluding hydrogens is 603 g/mol. The van der Waals surface area contributed by atoms with E-state index in [1.54, 1.807) is 12.1 Å². The van der Waals surface area contributed by atoms with Gasteiger partial charge in [-0.15, -0.1) is 23.2 Å². The van der Waals surface area contributed by atoms with Gasteiger partial charge in [0.1, 0.15) is 5.75 Å². The molecule has 0 aromatic heterocycles. The second kappa shape index (κ2) is 7.54. The van der Waals surface area contributed by atoms with Gasteiger partial charge < -0.3 is 5.11 Å². The highest BCUT2D eigenvalue weighted by atomic mass is 79.9. The second-order valence-corrected chi connectivity index (χ2v) is 11.6. The van der Waals surface area contributed by atoms with E-state index >= 15 is 0 Å². The third-order valence-corrected chi connectivity index (χ3v) is 9.94. The van der Waals surface area contributed by atoms with Crippen molar-refractivity contribution in [2.45, 2.75) is 28.5 Å². The van der Waals surface area contributed by atoms with Crippen molar-refractivity contribution in [2.75, 3.05) is 12.5 Å². The largest absolute Gasteiger partial charge is 0.508 e. The van der Waals surface area contributed by atoms with Crippen LogP contribution in [0.15, 0.2) is 34.3 Å². The Morgan fingerprint density at radius 2 is 1.82 bits per heavy atom. The molecule has 2 aliphatic carbocycles. The number of hydrogen-bond donors (Lipinski definition) is 1. The second-order valence-electron chi connectivity index (χ2n) is 8.93. The van der Waals surface area contributed by atoms with Crippen molar-refractivity contribution >= 4 is 78.7 Å². The highest BCUT2D eigenvalue weighted by molar-refractivity contribution is 9.10. The quantitative estimate of drug-likeness (QED) is 0.236. The summed E-state index contributed by atoms with van der Waals surface area (Å²) in [4.78, 5) is 51.1. The molecule has 4 aliphatic rings. The predicted molar refractivity (Wildman–Crippen MR) is 127 cm³/mol. The van der Waals surface area contributed by atoms with Crippen LogP contribution >= 0.6 is 55.1 Å². The number of phenolic OH excluding ortho intramolecular Hbond substituents is 1. The number of imide groups is 2. The highest BCUT2D eigenvalue weighted by Crippen LogP contribution is 2.66. The van der Waals surface area contributed by atoms with Gasteiger partial charge in [0.25, 0.3) is 11.8 Å². The first kappa shape index (κ1) is 23.3. The Labute approximate surface area is 216 Å². The fourth-order valence-electron chi connectivity index (χ4n) is 6.01. The monoisotopic (exact) mass is 618 g/mol. The number of likely N-dealkylation sites (tertiary alicyclic amines) is 2. The fourth-order valence-corrected chi connectivity index (χ4v) is 7.81. The van der Waals surface area contributed by atoms with Crippen molar-refractivity contribution in [2.24, 2.45) is 17.8 Å². The van der Waals surface area contributed by atoms with Crippen molar-refractivity contribution in [1.29, 1.82) is 0 Å². The van der Waals surface area contributed by atoms with E-state index < -0.39 is 45.2 Å². The molecule has 1 N–H and O–H groups in total. The molecule has 1 aromatic rings. The zero-order valence-electron chi connectivity index (χ0n) is 17.2. The molecule has 2 heterocycles. The maximum Gasteiger partial charge on any atom is 0.254 e. The van der Waals surface area contributed by atoms with Crippen LogP contribution in [0.3, 0.4) is 0 Å². The van der Waals surface area contributed by atoms with Gasteiger partial charge in [-0.05, 0) is 37.0 Å². The predicted octanol–water partition coefficient (Wildman–Crippen LogP) is 3.50. The Morgan fingerprint density at radius 1 is 1.12 bits per heavy atom. The van der Waals surface area contributed by atoms with Crippen LogP contribution in [-0.4, -0.2) is 60.8 Å². The van der Waals surface area contributed by atoms with E-state index in [9.17, 15) is 24.3 Å². The molecule has 33 heavy (non-hydrogen) atoms. The van der Waals surface area contributed by atoms with Crippen LogP contribution in [0.25, 0.3) is 0 Å². The average Bonchev–Trinajstić information content (AvgIpc) is 3.08. The van der Waals surface area contributed by atoms with Gasteiger partial charge in [-0.3, -0.25) is 29.0 Å². The number of hydrogen-bond acceptors (Lipinski definition) is 5. The zero-order chi connectivity index (χ0) is 24.0. The van der Waals surface area contributed by atoms with Crippen LogP contribution in [0.2, 0.25) is 0 Å². The van der Waals surface area contributed by atoms with Crippen molar-refractivity contribution in [3.63, 3.8) is 0 Å². The number of fused-ring (bicyclic) bond motifs is 4. The smallest absolute Gasteiger partial charge is 0.254 e. The Bertz CT molecular complexity index is 1180. The van der Waals surface area contributed by atoms with Crippen LogP contribution in [0, 0.1) is 17.8 Å². The molecular formula is C22H18Br2Cl2N2O5. The first-order valence-corrected chi connectivity index (χ1v) is 13.0. The number of aromatic hydroxyl groups is 1. The number of rotatable bonds is 2. The van der Waals surface area contributed by atoms with Gasteiger partial charge in [0.2, 0.25) is 11.8 Å². The van der Waals surface area contributed by atoms with E-state index in [4.69, 9.17) is 23.2 Å². The molecule has 2 saturated heterocycles. The lowest BCUT2D eigenvalue weighted by Gasteiger charge is -2.50. The van der Waals surface area contributed by atoms with Crippen molar-refractivity contribution in [1.82, 2.24) is 9.80 Å². The molecule has 1 saturated carbocycles. The molecule has 5 rings (SSSR count). The van der Waals surface area contributed by atoms with Crippen LogP contribution in [-0.2, 0) is 19.2 Å². The Morgan fingerprint density at radius 3 is 2.48 bits per heavy atom. The van der Waals surface area contributed by atoms with Crippen molar-refractivity contribution < 1.29 is 24.3 Å². The SMILES string of the molecule is CN1C(=O)C2CC=C3C(CC4(Cl)C(=O)N(CBr)C(=O)C4(Cl)C3c3cc(Br)ccc3O)C2C1=O. The number of carbonyl (C=O) groups is 4. The molecule has 3 fully saturated rings. The van der Waals surface area contributed by atoms with Gasteiger partial charge in [-0.25, -0.2) is 0 Å². The average molecular weight is 621 g/mol. The summed E-state index contributed by atoms with van der Waals surface area (Å²) in [5, 5.41) is 10.8. The van der Waals surface area contributed by atoms with Gasteiger partial charge >= 0.3 is 0 Å². The summed E-state index contributed by atoms with van der Waals surface area (Å²) in [5.41, 5.74) is 0.868. The van der Waals surface area contributed by atoms with Crippen LogP contribution in [0.1, 0.15) is 24.3 Å². The molecule has 6 unspecified atom stereocenters. The lowest BCUT2D eigenvalue weighted by molar-refractivity contribution is -0.140. The Kier molecular flexibility index (Phi) is 5.33. The van der Waals surface area contributed by atoms with E-state index in [-0.39, 0.29) is 29.4 Å². The maximum absolute atomic E-state index is 13.6. The Hall–Kier alpha value is -1.42. The molecule has 0 radical (unpaired) electrons. The van der Waals surface area contributed by atoms with Gasteiger partial charge in [0, 0.05) is 23.0 Å². The highest BCUT2D eigenvalue weighted by Gasteiger charge is 2.76. The normalized spacial score (nSPS) is 37.8. The number of carbonyl (C=O) groups excluding carboxylic acids is 4. The van der Waals surface area contributed by atoms with Crippen LogP contribution in [0.4, 0.5) is 0 Å². The summed E-state index contributed by atoms with van der Waals surface area (Å²) in [5.74, 6) is -4.90. The lowest BCUT2D eigenvalue weighted by atomic mass is 9.56. The van der Waals surface area contributed by atoms with Crippen LogP contribution in [0.5, 0.6) is 5.75 Å². The molecule has 4 amide bonds. The van der Waals surface area contributed by atoms with E-state index in [2.05, 4.69) is 31.9 Å². The number of benzene rings is 1. The van der Waals surface area contributed by atoms with E-state index in [0.717, 1.165) is 9.80 Å². The first-order chi connectivity index (χ1) is 15.5. The molecule has 11 heteroatoms. The Balaban J connectivity index is 1.78. The fraction of sp³-hybridized carbons (Fsp3) is 0.455. The molecule has 7 nitrogen and oxygen atoms in total. The summed E-state index contributed by atoms with van der Waals surface area (Å²) < 4.78 is 0.633. The number of halogens is 4. The van der Waals surface area contributed by atoms with Gasteiger partial charge in [0.15, 0.2) is 9.75 Å². The molecule has 174 valence electrons. The molecule has 1 aromatic carbocycles. The number of amides is 4. The molecule has 0 spiro atoms. The van der Waals surface area contributed by atoms with Crippen molar-refractivity contribution in [3.05, 3.63) is 39.9 Å². The molecule has 2 aliphatic heterocycles. The van der Waals surface area contributed by atoms with Crippen molar-refractivity contribution in [3.8, 4) is 5.75 Å². The minimum atomic E-state index is -1.93. The minimum absolute atomic E-state index is 0.0722. The number of alkyl halides is 3. The lowest BCUT2D eigenvalue weighted by Crippen LogP contribution is -2.60.